The molecule has 3 nitrogen and oxygen atoms in total. The third-order valence-corrected chi connectivity index (χ3v) is 5.23. The molecule has 6 heteroatoms. The van der Waals surface area contributed by atoms with Crippen LogP contribution in [-0.4, -0.2) is 9.55 Å². The normalized spacial score (nSPS) is 10.9. The van der Waals surface area contributed by atoms with Gasteiger partial charge in [0.05, 0.1) is 0 Å². The molecule has 3 aromatic rings. The Bertz CT molecular complexity index is 967. The van der Waals surface area contributed by atoms with Gasteiger partial charge >= 0.3 is 0 Å². The van der Waals surface area contributed by atoms with Crippen LogP contribution in [0.25, 0.3) is 0 Å². The van der Waals surface area contributed by atoms with Crippen LogP contribution in [0.4, 0.5) is 8.78 Å². The van der Waals surface area contributed by atoms with E-state index >= 15 is 0 Å². The molecule has 0 aliphatic carbocycles. The van der Waals surface area contributed by atoms with E-state index in [-0.39, 0.29) is 17.2 Å². The fourth-order valence-corrected chi connectivity index (χ4v) is 3.56. The zero-order valence-electron chi connectivity index (χ0n) is 14.5. The van der Waals surface area contributed by atoms with E-state index in [4.69, 9.17) is 0 Å². The van der Waals surface area contributed by atoms with Crippen molar-refractivity contribution in [3.8, 4) is 0 Å². The summed E-state index contributed by atoms with van der Waals surface area (Å²) in [6, 6.07) is 12.4. The fourth-order valence-electron chi connectivity index (χ4n) is 2.60. The molecule has 0 amide bonds. The van der Waals surface area contributed by atoms with Crippen molar-refractivity contribution in [2.75, 3.05) is 0 Å². The van der Waals surface area contributed by atoms with Gasteiger partial charge in [0.25, 0.3) is 5.56 Å². The van der Waals surface area contributed by atoms with Gasteiger partial charge in [0.2, 0.25) is 0 Å². The molecular formula is C20H18F2N2OS. The van der Waals surface area contributed by atoms with Gasteiger partial charge < -0.3 is 0 Å². The summed E-state index contributed by atoms with van der Waals surface area (Å²) in [5.41, 5.74) is 2.98. The summed E-state index contributed by atoms with van der Waals surface area (Å²) in [6.45, 7) is 1.81. The van der Waals surface area contributed by atoms with Crippen LogP contribution in [-0.2, 0) is 19.2 Å². The molecule has 0 aliphatic heterocycles. The molecule has 134 valence electrons. The van der Waals surface area contributed by atoms with Gasteiger partial charge in [-0.1, -0.05) is 36.0 Å². The third-order valence-electron chi connectivity index (χ3n) is 4.13. The molecule has 0 saturated heterocycles. The molecule has 0 spiro atoms. The highest BCUT2D eigenvalue weighted by atomic mass is 32.2. The summed E-state index contributed by atoms with van der Waals surface area (Å²) < 4.78 is 27.6. The maximum absolute atomic E-state index is 13.0. The van der Waals surface area contributed by atoms with Gasteiger partial charge in [-0.15, -0.1) is 0 Å². The molecule has 0 bridgehead atoms. The number of hydrogen-bond acceptors (Lipinski definition) is 3. The molecule has 0 fully saturated rings. The van der Waals surface area contributed by atoms with E-state index in [0.717, 1.165) is 11.1 Å². The molecule has 0 atom stereocenters. The van der Waals surface area contributed by atoms with Gasteiger partial charge in [-0.25, -0.2) is 13.8 Å². The highest BCUT2D eigenvalue weighted by Gasteiger charge is 2.13. The number of thioether (sulfide) groups is 1. The smallest absolute Gasteiger partial charge is 0.257 e. The predicted molar refractivity (Wildman–Crippen MR) is 99.4 cm³/mol. The molecule has 2 aromatic carbocycles. The van der Waals surface area contributed by atoms with Crippen LogP contribution in [0.3, 0.4) is 0 Å². The van der Waals surface area contributed by atoms with E-state index in [1.807, 2.05) is 6.92 Å². The topological polar surface area (TPSA) is 34.9 Å². The lowest BCUT2D eigenvalue weighted by molar-refractivity contribution is 0.627. The van der Waals surface area contributed by atoms with Crippen LogP contribution >= 0.6 is 11.8 Å². The van der Waals surface area contributed by atoms with Crippen LogP contribution in [0, 0.1) is 18.6 Å². The molecule has 0 radical (unpaired) electrons. The van der Waals surface area contributed by atoms with Crippen LogP contribution in [0.1, 0.15) is 22.4 Å². The Hall–Kier alpha value is -2.47. The van der Waals surface area contributed by atoms with Crippen molar-refractivity contribution in [3.05, 3.63) is 92.9 Å². The van der Waals surface area contributed by atoms with Gasteiger partial charge in [0.15, 0.2) is 5.16 Å². The van der Waals surface area contributed by atoms with Gasteiger partial charge in [-0.05, 0) is 42.3 Å². The number of hydrogen-bond donors (Lipinski definition) is 0. The molecule has 0 saturated carbocycles. The molecule has 0 aliphatic rings. The number of rotatable bonds is 5. The number of nitrogens with zero attached hydrogens (tertiary/aromatic N) is 2. The first kappa shape index (κ1) is 18.3. The van der Waals surface area contributed by atoms with Crippen molar-refractivity contribution >= 4 is 11.8 Å². The average Bonchev–Trinajstić information content (AvgIpc) is 2.63. The second kappa shape index (κ2) is 7.83. The van der Waals surface area contributed by atoms with Gasteiger partial charge in [-0.3, -0.25) is 9.36 Å². The quantitative estimate of drug-likeness (QED) is 0.496. The minimum Gasteiger partial charge on any atom is -0.291 e. The summed E-state index contributed by atoms with van der Waals surface area (Å²) in [7, 11) is 1.69. The summed E-state index contributed by atoms with van der Waals surface area (Å²) in [5, 5.41) is 0.611. The Labute approximate surface area is 154 Å². The minimum absolute atomic E-state index is 0.108. The zero-order chi connectivity index (χ0) is 18.7. The summed E-state index contributed by atoms with van der Waals surface area (Å²) >= 11 is 1.43. The van der Waals surface area contributed by atoms with Gasteiger partial charge in [0.1, 0.15) is 11.6 Å². The van der Waals surface area contributed by atoms with Crippen molar-refractivity contribution in [2.24, 2.45) is 7.05 Å². The van der Waals surface area contributed by atoms with Crippen LogP contribution in [0.15, 0.2) is 58.5 Å². The van der Waals surface area contributed by atoms with Crippen LogP contribution < -0.4 is 5.56 Å². The second-order valence-corrected chi connectivity index (χ2v) is 6.98. The number of aryl methyl sites for hydroxylation is 1. The van der Waals surface area contributed by atoms with Crippen LogP contribution in [0.5, 0.6) is 0 Å². The predicted octanol–water partition coefficient (Wildman–Crippen LogP) is 4.25. The van der Waals surface area contributed by atoms with E-state index in [0.29, 0.717) is 28.6 Å². The Balaban J connectivity index is 1.82. The lowest BCUT2D eigenvalue weighted by Gasteiger charge is -2.12. The minimum atomic E-state index is -0.302. The first-order valence-electron chi connectivity index (χ1n) is 8.12. The maximum Gasteiger partial charge on any atom is 0.257 e. The van der Waals surface area contributed by atoms with Gasteiger partial charge in [-0.2, -0.15) is 0 Å². The monoisotopic (exact) mass is 372 g/mol. The number of halogens is 2. The van der Waals surface area contributed by atoms with Crippen molar-refractivity contribution in [1.29, 1.82) is 0 Å². The van der Waals surface area contributed by atoms with Crippen molar-refractivity contribution in [3.63, 3.8) is 0 Å². The SMILES string of the molecule is Cc1nc(SCc2ccc(F)cc2)n(C)c(=O)c1Cc1ccc(F)cc1. The highest BCUT2D eigenvalue weighted by Crippen LogP contribution is 2.21. The molecule has 3 rings (SSSR count). The lowest BCUT2D eigenvalue weighted by atomic mass is 10.1. The number of benzene rings is 2. The molecule has 0 unspecified atom stereocenters. The van der Waals surface area contributed by atoms with E-state index in [2.05, 4.69) is 4.98 Å². The van der Waals surface area contributed by atoms with E-state index in [9.17, 15) is 13.6 Å². The van der Waals surface area contributed by atoms with Crippen LogP contribution in [0.2, 0.25) is 0 Å². The Morgan fingerprint density at radius 2 is 1.50 bits per heavy atom. The summed E-state index contributed by atoms with van der Waals surface area (Å²) in [6.07, 6.45) is 0.411. The van der Waals surface area contributed by atoms with Crippen molar-refractivity contribution in [1.82, 2.24) is 9.55 Å². The maximum atomic E-state index is 13.0. The zero-order valence-corrected chi connectivity index (χ0v) is 15.3. The highest BCUT2D eigenvalue weighted by molar-refractivity contribution is 7.98. The van der Waals surface area contributed by atoms with Gasteiger partial charge in [0, 0.05) is 30.5 Å². The second-order valence-electron chi connectivity index (χ2n) is 6.04. The third kappa shape index (κ3) is 4.19. The van der Waals surface area contributed by atoms with Crippen molar-refractivity contribution < 1.29 is 8.78 Å². The van der Waals surface area contributed by atoms with E-state index in [1.165, 1.54) is 40.6 Å². The Morgan fingerprint density at radius 3 is 2.08 bits per heavy atom. The Morgan fingerprint density at radius 1 is 0.962 bits per heavy atom. The Kier molecular flexibility index (Phi) is 5.52. The molecule has 26 heavy (non-hydrogen) atoms. The average molecular weight is 372 g/mol. The first-order valence-corrected chi connectivity index (χ1v) is 9.11. The van der Waals surface area contributed by atoms with E-state index < -0.39 is 0 Å². The number of aromatic nitrogens is 2. The summed E-state index contributed by atoms with van der Waals surface area (Å²) in [4.78, 5) is 17.3. The molecule has 1 aromatic heterocycles. The molecule has 0 N–H and O–H groups in total. The summed E-state index contributed by atoms with van der Waals surface area (Å²) in [5.74, 6) is 0.0198. The molecular weight excluding hydrogens is 354 g/mol. The first-order chi connectivity index (χ1) is 12.4. The standard InChI is InChI=1S/C20H18F2N2OS/c1-13-18(11-14-3-7-16(21)8-4-14)19(25)24(2)20(23-13)26-12-15-5-9-17(22)10-6-15/h3-10H,11-12H2,1-2H3. The van der Waals surface area contributed by atoms with E-state index in [1.54, 1.807) is 31.3 Å². The lowest BCUT2D eigenvalue weighted by Crippen LogP contribution is -2.25. The van der Waals surface area contributed by atoms with Crippen molar-refractivity contribution in [2.45, 2.75) is 24.3 Å². The fraction of sp³-hybridized carbons (Fsp3) is 0.200. The molecule has 1 heterocycles. The largest absolute Gasteiger partial charge is 0.291 e.